The van der Waals surface area contributed by atoms with Crippen molar-refractivity contribution >= 4 is 0 Å². The Hall–Kier alpha value is -0.340. The van der Waals surface area contributed by atoms with Crippen LogP contribution in [-0.4, -0.2) is 37.6 Å². The minimum atomic E-state index is 0.734. The molecule has 2 heteroatoms. The number of hydrogen-bond donors (Lipinski definition) is 1. The lowest BCUT2D eigenvalue weighted by atomic mass is 9.90. The molecule has 0 radical (unpaired) electrons. The van der Waals surface area contributed by atoms with Crippen LogP contribution in [0.5, 0.6) is 0 Å². The van der Waals surface area contributed by atoms with Crippen LogP contribution < -0.4 is 5.32 Å². The molecule has 1 heterocycles. The van der Waals surface area contributed by atoms with Crippen molar-refractivity contribution in [2.45, 2.75) is 39.7 Å². The lowest BCUT2D eigenvalue weighted by Crippen LogP contribution is -2.48. The van der Waals surface area contributed by atoms with Crippen LogP contribution in [0.15, 0.2) is 11.6 Å². The van der Waals surface area contributed by atoms with Gasteiger partial charge in [-0.2, -0.15) is 0 Å². The first-order chi connectivity index (χ1) is 7.17. The zero-order chi connectivity index (χ0) is 11.3. The number of piperidine rings is 1. The predicted octanol–water partition coefficient (Wildman–Crippen LogP) is 2.27. The van der Waals surface area contributed by atoms with E-state index in [1.54, 1.807) is 0 Å². The number of nitrogens with one attached hydrogen (secondary N) is 1. The van der Waals surface area contributed by atoms with Crippen LogP contribution >= 0.6 is 0 Å². The SMILES string of the molecule is CCC1CN(CC=C(C)C)CCC1NC. The first kappa shape index (κ1) is 12.7. The highest BCUT2D eigenvalue weighted by molar-refractivity contribution is 4.96. The average Bonchev–Trinajstić information content (AvgIpc) is 2.25. The third-order valence-electron chi connectivity index (χ3n) is 3.47. The predicted molar refractivity (Wildman–Crippen MR) is 67.1 cm³/mol. The minimum Gasteiger partial charge on any atom is -0.317 e. The summed E-state index contributed by atoms with van der Waals surface area (Å²) in [5, 5.41) is 3.45. The smallest absolute Gasteiger partial charge is 0.0165 e. The molecule has 2 unspecified atom stereocenters. The molecule has 1 N–H and O–H groups in total. The molecule has 0 aromatic carbocycles. The van der Waals surface area contributed by atoms with E-state index in [-0.39, 0.29) is 0 Å². The summed E-state index contributed by atoms with van der Waals surface area (Å²) >= 11 is 0. The van der Waals surface area contributed by atoms with Gasteiger partial charge in [-0.25, -0.2) is 0 Å². The number of hydrogen-bond acceptors (Lipinski definition) is 2. The zero-order valence-corrected chi connectivity index (χ0v) is 10.7. The molecular formula is C13H26N2. The summed E-state index contributed by atoms with van der Waals surface area (Å²) in [4.78, 5) is 2.58. The first-order valence-electron chi connectivity index (χ1n) is 6.20. The largest absolute Gasteiger partial charge is 0.317 e. The summed E-state index contributed by atoms with van der Waals surface area (Å²) in [5.41, 5.74) is 1.43. The Morgan fingerprint density at radius 1 is 1.47 bits per heavy atom. The van der Waals surface area contributed by atoms with E-state index < -0.39 is 0 Å². The van der Waals surface area contributed by atoms with Gasteiger partial charge in [-0.1, -0.05) is 25.0 Å². The molecule has 2 atom stereocenters. The minimum absolute atomic E-state index is 0.734. The van der Waals surface area contributed by atoms with E-state index in [0.29, 0.717) is 0 Å². The topological polar surface area (TPSA) is 15.3 Å². The lowest BCUT2D eigenvalue weighted by molar-refractivity contribution is 0.151. The second-order valence-electron chi connectivity index (χ2n) is 4.89. The van der Waals surface area contributed by atoms with Gasteiger partial charge in [0.15, 0.2) is 0 Å². The number of nitrogens with zero attached hydrogens (tertiary/aromatic N) is 1. The molecule has 2 nitrogen and oxygen atoms in total. The van der Waals surface area contributed by atoms with Crippen LogP contribution in [0.4, 0.5) is 0 Å². The molecule has 1 aliphatic rings. The highest BCUT2D eigenvalue weighted by Gasteiger charge is 2.25. The van der Waals surface area contributed by atoms with E-state index in [4.69, 9.17) is 0 Å². The standard InChI is InChI=1S/C13H26N2/c1-5-12-10-15(8-6-11(2)3)9-7-13(12)14-4/h6,12-14H,5,7-10H2,1-4H3. The molecule has 1 rings (SSSR count). The molecule has 88 valence electrons. The Morgan fingerprint density at radius 3 is 2.73 bits per heavy atom. The third-order valence-corrected chi connectivity index (χ3v) is 3.47. The Kier molecular flexibility index (Phi) is 5.34. The van der Waals surface area contributed by atoms with Gasteiger partial charge in [0, 0.05) is 19.1 Å². The number of allylic oxidation sites excluding steroid dienone is 1. The highest BCUT2D eigenvalue weighted by Crippen LogP contribution is 2.19. The van der Waals surface area contributed by atoms with Crippen LogP contribution in [0.3, 0.4) is 0 Å². The Balaban J connectivity index is 2.42. The van der Waals surface area contributed by atoms with Crippen LogP contribution in [0.1, 0.15) is 33.6 Å². The van der Waals surface area contributed by atoms with Crippen LogP contribution in [0.2, 0.25) is 0 Å². The fourth-order valence-corrected chi connectivity index (χ4v) is 2.38. The van der Waals surface area contributed by atoms with E-state index in [1.807, 2.05) is 0 Å². The molecule has 1 aliphatic heterocycles. The summed E-state index contributed by atoms with van der Waals surface area (Å²) in [7, 11) is 2.10. The second-order valence-corrected chi connectivity index (χ2v) is 4.89. The molecule has 0 amide bonds. The van der Waals surface area contributed by atoms with Crippen molar-refractivity contribution in [2.75, 3.05) is 26.7 Å². The Morgan fingerprint density at radius 2 is 2.20 bits per heavy atom. The molecule has 0 saturated carbocycles. The van der Waals surface area contributed by atoms with Crippen LogP contribution in [0.25, 0.3) is 0 Å². The van der Waals surface area contributed by atoms with Crippen LogP contribution in [-0.2, 0) is 0 Å². The molecular weight excluding hydrogens is 184 g/mol. The van der Waals surface area contributed by atoms with Crippen molar-refractivity contribution in [3.05, 3.63) is 11.6 Å². The van der Waals surface area contributed by atoms with Gasteiger partial charge in [0.25, 0.3) is 0 Å². The molecule has 15 heavy (non-hydrogen) atoms. The van der Waals surface area contributed by atoms with Crippen molar-refractivity contribution in [3.8, 4) is 0 Å². The summed E-state index contributed by atoms with van der Waals surface area (Å²) in [6.45, 7) is 10.3. The monoisotopic (exact) mass is 210 g/mol. The molecule has 0 aromatic rings. The summed E-state index contributed by atoms with van der Waals surface area (Å²) in [5.74, 6) is 0.828. The van der Waals surface area contributed by atoms with Gasteiger partial charge in [0.2, 0.25) is 0 Å². The van der Waals surface area contributed by atoms with Crippen molar-refractivity contribution in [1.29, 1.82) is 0 Å². The van der Waals surface area contributed by atoms with Gasteiger partial charge in [-0.05, 0) is 39.8 Å². The first-order valence-corrected chi connectivity index (χ1v) is 6.20. The van der Waals surface area contributed by atoms with E-state index in [1.165, 1.54) is 31.5 Å². The molecule has 0 spiro atoms. The van der Waals surface area contributed by atoms with E-state index in [0.717, 1.165) is 18.5 Å². The summed E-state index contributed by atoms with van der Waals surface area (Å²) in [6.07, 6.45) is 4.93. The van der Waals surface area contributed by atoms with Crippen molar-refractivity contribution in [3.63, 3.8) is 0 Å². The quantitative estimate of drug-likeness (QED) is 0.716. The van der Waals surface area contributed by atoms with Gasteiger partial charge in [-0.3, -0.25) is 4.90 Å². The third kappa shape index (κ3) is 3.96. The second kappa shape index (κ2) is 6.29. The van der Waals surface area contributed by atoms with Gasteiger partial charge in [0.05, 0.1) is 0 Å². The Labute approximate surface area is 94.7 Å². The maximum atomic E-state index is 3.45. The van der Waals surface area contributed by atoms with Gasteiger partial charge < -0.3 is 5.32 Å². The Bertz CT molecular complexity index is 207. The lowest BCUT2D eigenvalue weighted by Gasteiger charge is -2.37. The molecule has 0 aromatic heterocycles. The van der Waals surface area contributed by atoms with E-state index in [9.17, 15) is 0 Å². The maximum Gasteiger partial charge on any atom is 0.0165 e. The summed E-state index contributed by atoms with van der Waals surface area (Å²) in [6, 6.07) is 0.734. The highest BCUT2D eigenvalue weighted by atomic mass is 15.1. The number of rotatable bonds is 4. The van der Waals surface area contributed by atoms with Crippen molar-refractivity contribution < 1.29 is 0 Å². The normalized spacial score (nSPS) is 27.7. The van der Waals surface area contributed by atoms with Gasteiger partial charge >= 0.3 is 0 Å². The van der Waals surface area contributed by atoms with Crippen LogP contribution in [0, 0.1) is 5.92 Å². The molecule has 0 aliphatic carbocycles. The van der Waals surface area contributed by atoms with E-state index in [2.05, 4.69) is 44.1 Å². The number of likely N-dealkylation sites (tertiary alicyclic amines) is 1. The van der Waals surface area contributed by atoms with Gasteiger partial charge in [-0.15, -0.1) is 0 Å². The van der Waals surface area contributed by atoms with E-state index >= 15 is 0 Å². The van der Waals surface area contributed by atoms with Crippen molar-refractivity contribution in [1.82, 2.24) is 10.2 Å². The average molecular weight is 210 g/mol. The zero-order valence-electron chi connectivity index (χ0n) is 10.7. The summed E-state index contributed by atoms with van der Waals surface area (Å²) < 4.78 is 0. The fourth-order valence-electron chi connectivity index (χ4n) is 2.38. The molecule has 1 saturated heterocycles. The molecule has 0 bridgehead atoms. The van der Waals surface area contributed by atoms with Crippen molar-refractivity contribution in [2.24, 2.45) is 5.92 Å². The molecule has 1 fully saturated rings. The van der Waals surface area contributed by atoms with Gasteiger partial charge in [0.1, 0.15) is 0 Å². The maximum absolute atomic E-state index is 3.45. The fraction of sp³-hybridized carbons (Fsp3) is 0.846.